The summed E-state index contributed by atoms with van der Waals surface area (Å²) in [6, 6.07) is 21.8. The lowest BCUT2D eigenvalue weighted by Crippen LogP contribution is -2.19. The molecule has 3 heterocycles. The van der Waals surface area contributed by atoms with Crippen molar-refractivity contribution in [2.45, 2.75) is 0 Å². The first-order valence-corrected chi connectivity index (χ1v) is 10.7. The van der Waals surface area contributed by atoms with Crippen LogP contribution in [0.5, 0.6) is 0 Å². The maximum absolute atomic E-state index is 12.8. The van der Waals surface area contributed by atoms with Crippen molar-refractivity contribution in [1.29, 1.82) is 0 Å². The second-order valence-corrected chi connectivity index (χ2v) is 7.90. The molecule has 0 spiro atoms. The number of amides is 2. The Labute approximate surface area is 187 Å². The third-order valence-corrected chi connectivity index (χ3v) is 5.71. The number of hydrogen-bond donors (Lipinski definition) is 2. The molecule has 0 fully saturated rings. The van der Waals surface area contributed by atoms with E-state index in [0.717, 1.165) is 11.3 Å². The smallest absolute Gasteiger partial charge is 0.308 e. The molecule has 0 aliphatic rings. The number of nitrogens with one attached hydrogen (secondary N) is 2. The monoisotopic (exact) mass is 439 g/mol. The summed E-state index contributed by atoms with van der Waals surface area (Å²) in [4.78, 5) is 30.2. The Morgan fingerprint density at radius 1 is 0.875 bits per heavy atom. The van der Waals surface area contributed by atoms with Crippen LogP contribution in [0.15, 0.2) is 90.6 Å². The second-order valence-electron chi connectivity index (χ2n) is 6.96. The van der Waals surface area contributed by atoms with Gasteiger partial charge in [-0.15, -0.1) is 11.3 Å². The van der Waals surface area contributed by atoms with Crippen molar-refractivity contribution in [3.8, 4) is 11.3 Å². The van der Waals surface area contributed by atoms with Crippen LogP contribution in [0.4, 0.5) is 16.2 Å². The van der Waals surface area contributed by atoms with E-state index in [1.54, 1.807) is 29.0 Å². The van der Waals surface area contributed by atoms with Gasteiger partial charge in [0, 0.05) is 23.1 Å². The van der Waals surface area contributed by atoms with Gasteiger partial charge >= 0.3 is 6.03 Å². The van der Waals surface area contributed by atoms with Crippen LogP contribution in [0, 0.1) is 0 Å². The lowest BCUT2D eigenvalue weighted by molar-refractivity contribution is 0.104. The number of aromatic nitrogens is 3. The lowest BCUT2D eigenvalue weighted by atomic mass is 10.1. The number of rotatable bonds is 5. The first-order chi connectivity index (χ1) is 15.7. The van der Waals surface area contributed by atoms with Gasteiger partial charge in [-0.05, 0) is 41.8 Å². The normalized spacial score (nSPS) is 10.8. The molecule has 156 valence electrons. The molecule has 2 N–H and O–H groups in total. The minimum atomic E-state index is -0.337. The molecular weight excluding hydrogens is 422 g/mol. The van der Waals surface area contributed by atoms with E-state index in [4.69, 9.17) is 0 Å². The van der Waals surface area contributed by atoms with Crippen LogP contribution >= 0.6 is 11.3 Å². The van der Waals surface area contributed by atoms with Crippen molar-refractivity contribution in [2.24, 2.45) is 0 Å². The highest BCUT2D eigenvalue weighted by Gasteiger charge is 2.18. The van der Waals surface area contributed by atoms with Crippen LogP contribution < -0.4 is 10.6 Å². The summed E-state index contributed by atoms with van der Waals surface area (Å²) >= 11 is 1.39. The van der Waals surface area contributed by atoms with Gasteiger partial charge in [0.15, 0.2) is 5.65 Å². The highest BCUT2D eigenvalue weighted by atomic mass is 32.1. The van der Waals surface area contributed by atoms with E-state index in [2.05, 4.69) is 20.7 Å². The largest absolute Gasteiger partial charge is 0.323 e. The van der Waals surface area contributed by atoms with E-state index in [1.165, 1.54) is 11.3 Å². The summed E-state index contributed by atoms with van der Waals surface area (Å²) in [6.45, 7) is 0. The molecule has 0 atom stereocenters. The SMILES string of the molecule is O=C(Nc1ccccc1)Nc1cccc(-c2ccnc3c(C(=O)c4cccs4)cnn23)c1. The molecular formula is C24H17N5O2S. The fraction of sp³-hybridized carbons (Fsp3) is 0. The molecule has 0 aliphatic heterocycles. The van der Waals surface area contributed by atoms with Crippen molar-refractivity contribution in [3.05, 3.63) is 101 Å². The number of carbonyl (C=O) groups is 2. The van der Waals surface area contributed by atoms with E-state index >= 15 is 0 Å². The Balaban J connectivity index is 1.43. The predicted octanol–water partition coefficient (Wildman–Crippen LogP) is 5.33. The van der Waals surface area contributed by atoms with Crippen LogP contribution in [0.25, 0.3) is 16.9 Å². The van der Waals surface area contributed by atoms with Crippen LogP contribution in [-0.4, -0.2) is 26.4 Å². The Kier molecular flexibility index (Phi) is 5.19. The first kappa shape index (κ1) is 19.7. The molecule has 5 aromatic rings. The molecule has 0 unspecified atom stereocenters. The summed E-state index contributed by atoms with van der Waals surface area (Å²) in [7, 11) is 0. The highest BCUT2D eigenvalue weighted by molar-refractivity contribution is 7.12. The zero-order valence-corrected chi connectivity index (χ0v) is 17.5. The predicted molar refractivity (Wildman–Crippen MR) is 125 cm³/mol. The van der Waals surface area contributed by atoms with Crippen molar-refractivity contribution >= 4 is 40.2 Å². The Hall–Kier alpha value is -4.30. The molecule has 0 bridgehead atoms. The van der Waals surface area contributed by atoms with Gasteiger partial charge in [-0.25, -0.2) is 14.3 Å². The maximum atomic E-state index is 12.8. The van der Waals surface area contributed by atoms with Gasteiger partial charge in [0.05, 0.1) is 22.3 Å². The van der Waals surface area contributed by atoms with Gasteiger partial charge in [0.2, 0.25) is 5.78 Å². The van der Waals surface area contributed by atoms with E-state index < -0.39 is 0 Å². The van der Waals surface area contributed by atoms with Crippen LogP contribution in [-0.2, 0) is 0 Å². The molecule has 0 radical (unpaired) electrons. The van der Waals surface area contributed by atoms with Crippen LogP contribution in [0.1, 0.15) is 15.2 Å². The van der Waals surface area contributed by atoms with Gasteiger partial charge in [0.25, 0.3) is 0 Å². The molecule has 5 rings (SSSR count). The number of carbonyl (C=O) groups excluding carboxylic acids is 2. The number of thiophene rings is 1. The van der Waals surface area contributed by atoms with Gasteiger partial charge in [0.1, 0.15) is 0 Å². The number of nitrogens with zero attached hydrogens (tertiary/aromatic N) is 3. The van der Waals surface area contributed by atoms with Crippen LogP contribution in [0.2, 0.25) is 0 Å². The quantitative estimate of drug-likeness (QED) is 0.362. The van der Waals surface area contributed by atoms with Gasteiger partial charge < -0.3 is 10.6 Å². The summed E-state index contributed by atoms with van der Waals surface area (Å²) in [5.41, 5.74) is 3.85. The number of para-hydroxylation sites is 1. The molecule has 7 nitrogen and oxygen atoms in total. The summed E-state index contributed by atoms with van der Waals surface area (Å²) in [5.74, 6) is -0.104. The molecule has 0 saturated carbocycles. The summed E-state index contributed by atoms with van der Waals surface area (Å²) in [6.07, 6.45) is 3.20. The van der Waals surface area contributed by atoms with Crippen molar-refractivity contribution in [1.82, 2.24) is 14.6 Å². The van der Waals surface area contributed by atoms with Gasteiger partial charge in [-0.2, -0.15) is 5.10 Å². The minimum absolute atomic E-state index is 0.104. The fourth-order valence-electron chi connectivity index (χ4n) is 3.38. The number of urea groups is 1. The lowest BCUT2D eigenvalue weighted by Gasteiger charge is -2.10. The van der Waals surface area contributed by atoms with Crippen LogP contribution in [0.3, 0.4) is 0 Å². The Morgan fingerprint density at radius 2 is 1.69 bits per heavy atom. The van der Waals surface area contributed by atoms with E-state index in [0.29, 0.717) is 27.5 Å². The van der Waals surface area contributed by atoms with E-state index in [1.807, 2.05) is 66.0 Å². The van der Waals surface area contributed by atoms with E-state index in [9.17, 15) is 9.59 Å². The first-order valence-electron chi connectivity index (χ1n) is 9.83. The zero-order chi connectivity index (χ0) is 21.9. The average molecular weight is 440 g/mol. The highest BCUT2D eigenvalue weighted by Crippen LogP contribution is 2.25. The minimum Gasteiger partial charge on any atom is -0.308 e. The molecule has 0 saturated heterocycles. The van der Waals surface area contributed by atoms with Crippen molar-refractivity contribution in [3.63, 3.8) is 0 Å². The maximum Gasteiger partial charge on any atom is 0.323 e. The summed E-state index contributed by atoms with van der Waals surface area (Å²) < 4.78 is 1.64. The standard InChI is InChI=1S/C24H17N5O2S/c30-22(21-10-5-13-32-21)19-15-26-29-20(11-12-25-23(19)29)16-6-4-9-18(14-16)28-24(31)27-17-7-2-1-3-8-17/h1-15H,(H2,27,28,31). The Morgan fingerprint density at radius 3 is 2.50 bits per heavy atom. The summed E-state index contributed by atoms with van der Waals surface area (Å²) in [5, 5.41) is 11.9. The number of benzene rings is 2. The molecule has 8 heteroatoms. The molecule has 3 aromatic heterocycles. The zero-order valence-electron chi connectivity index (χ0n) is 16.7. The Bertz CT molecular complexity index is 1410. The van der Waals surface area contributed by atoms with E-state index in [-0.39, 0.29) is 11.8 Å². The topological polar surface area (TPSA) is 88.4 Å². The third-order valence-electron chi connectivity index (χ3n) is 4.84. The van der Waals surface area contributed by atoms with Crippen molar-refractivity contribution < 1.29 is 9.59 Å². The second kappa shape index (κ2) is 8.44. The number of fused-ring (bicyclic) bond motifs is 1. The number of ketones is 1. The molecule has 32 heavy (non-hydrogen) atoms. The number of hydrogen-bond acceptors (Lipinski definition) is 5. The molecule has 0 aliphatic carbocycles. The molecule has 2 aromatic carbocycles. The fourth-order valence-corrected chi connectivity index (χ4v) is 4.06. The number of anilines is 2. The van der Waals surface area contributed by atoms with Crippen molar-refractivity contribution in [2.75, 3.05) is 10.6 Å². The van der Waals surface area contributed by atoms with Gasteiger partial charge in [-0.3, -0.25) is 4.79 Å². The molecule has 2 amide bonds. The third kappa shape index (κ3) is 3.86. The average Bonchev–Trinajstić information content (AvgIpc) is 3.50. The van der Waals surface area contributed by atoms with Gasteiger partial charge in [-0.1, -0.05) is 36.4 Å².